The first-order valence-corrected chi connectivity index (χ1v) is 20.0. The number of hydrogen-bond donors (Lipinski definition) is 2. The van der Waals surface area contributed by atoms with Gasteiger partial charge in [-0.05, 0) is 42.2 Å². The number of carbonyl (C=O) groups is 1. The van der Waals surface area contributed by atoms with Gasteiger partial charge < -0.3 is 10.1 Å². The molecule has 2 aliphatic rings. The molecular formula is C37H29ClF8N10O4S. The van der Waals surface area contributed by atoms with Crippen molar-refractivity contribution in [2.75, 3.05) is 18.1 Å². The molecule has 4 heterocycles. The molecule has 0 saturated heterocycles. The van der Waals surface area contributed by atoms with E-state index in [0.29, 0.717) is 10.7 Å². The molecule has 1 amide bonds. The van der Waals surface area contributed by atoms with E-state index in [9.17, 15) is 40.1 Å². The minimum Gasteiger partial charge on any atom is -0.481 e. The molecule has 2 aliphatic carbocycles. The van der Waals surface area contributed by atoms with E-state index in [0.717, 1.165) is 27.4 Å². The molecule has 4 aromatic heterocycles. The van der Waals surface area contributed by atoms with Gasteiger partial charge in [0.05, 0.1) is 34.8 Å². The third-order valence-corrected chi connectivity index (χ3v) is 10.9. The van der Waals surface area contributed by atoms with Crippen LogP contribution in [0.5, 0.6) is 5.88 Å². The number of hydrogen-bond acceptors (Lipinski definition) is 9. The van der Waals surface area contributed by atoms with E-state index in [2.05, 4.69) is 35.2 Å². The predicted molar refractivity (Wildman–Crippen MR) is 202 cm³/mol. The fraction of sp³-hybridized carbons (Fsp3) is 0.324. The van der Waals surface area contributed by atoms with Crippen LogP contribution < -0.4 is 20.3 Å². The Hall–Kier alpha value is -5.97. The van der Waals surface area contributed by atoms with Crippen molar-refractivity contribution in [3.63, 3.8) is 0 Å². The van der Waals surface area contributed by atoms with Crippen LogP contribution >= 0.6 is 11.6 Å². The van der Waals surface area contributed by atoms with Gasteiger partial charge in [0.25, 0.3) is 24.3 Å². The maximum atomic E-state index is 15.5. The Kier molecular flexibility index (Phi) is 10.8. The van der Waals surface area contributed by atoms with Crippen molar-refractivity contribution >= 4 is 45.2 Å². The number of methoxy groups -OCH3 is 1. The van der Waals surface area contributed by atoms with Crippen LogP contribution in [0.2, 0.25) is 5.02 Å². The summed E-state index contributed by atoms with van der Waals surface area (Å²) in [5.74, 6) is -9.77. The number of ether oxygens (including phenoxy) is 1. The molecule has 61 heavy (non-hydrogen) atoms. The Bertz CT molecular complexity index is 2800. The average molecular weight is 897 g/mol. The lowest BCUT2D eigenvalue weighted by molar-refractivity contribution is -0.123. The lowest BCUT2D eigenvalue weighted by atomic mass is 10.0. The Labute approximate surface area is 345 Å². The van der Waals surface area contributed by atoms with Gasteiger partial charge in [-0.15, -0.1) is 0 Å². The van der Waals surface area contributed by atoms with Crippen LogP contribution in [0.3, 0.4) is 0 Å². The highest BCUT2D eigenvalue weighted by Gasteiger charge is 2.67. The summed E-state index contributed by atoms with van der Waals surface area (Å²) in [6.07, 6.45) is -4.38. The summed E-state index contributed by atoms with van der Waals surface area (Å²) < 4.78 is 139. The second-order valence-corrected chi connectivity index (χ2v) is 15.7. The van der Waals surface area contributed by atoms with E-state index in [1.807, 2.05) is 0 Å². The molecular weight excluding hydrogens is 868 g/mol. The van der Waals surface area contributed by atoms with E-state index in [4.69, 9.17) is 16.3 Å². The molecule has 4 unspecified atom stereocenters. The number of benzene rings is 2. The highest BCUT2D eigenvalue weighted by molar-refractivity contribution is 7.85. The van der Waals surface area contributed by atoms with Crippen LogP contribution in [0.4, 0.5) is 40.9 Å². The van der Waals surface area contributed by atoms with Crippen LogP contribution in [0.15, 0.2) is 53.5 Å². The van der Waals surface area contributed by atoms with Crippen LogP contribution in [0.25, 0.3) is 28.1 Å². The van der Waals surface area contributed by atoms with Crippen molar-refractivity contribution in [2.45, 2.75) is 56.7 Å². The van der Waals surface area contributed by atoms with Gasteiger partial charge in [0, 0.05) is 48.6 Å². The van der Waals surface area contributed by atoms with Gasteiger partial charge in [-0.1, -0.05) is 11.6 Å². The number of nitrogens with one attached hydrogen (secondary N) is 2. The highest BCUT2D eigenvalue weighted by atomic mass is 35.5. The average Bonchev–Trinajstić information content (AvgIpc) is 3.71. The number of rotatable bonds is 14. The van der Waals surface area contributed by atoms with E-state index in [1.54, 1.807) is 0 Å². The number of nitrogens with zero attached hydrogens (tertiary/aromatic N) is 8. The first-order valence-electron chi connectivity index (χ1n) is 18.1. The maximum Gasteiger partial charge on any atom is 0.293 e. The molecule has 1 fully saturated rings. The summed E-state index contributed by atoms with van der Waals surface area (Å²) in [6.45, 7) is -2.13. The summed E-state index contributed by atoms with van der Waals surface area (Å²) in [5.41, 5.74) is -3.87. The number of halogens is 9. The molecule has 1 saturated carbocycles. The number of anilines is 1. The summed E-state index contributed by atoms with van der Waals surface area (Å²) in [7, 11) is -0.510. The SMILES string of the molecule is COc1ccnc(-c2cc(=O)n(-c3ccc(Cl)c4c(NS(C)=O)nn(CC(F)F)c34)c(C(Cc3cc(F)cc(F)c3)NC(=O)Cn3nc(C(F)F)c4c3C(F)(F)C3CC43)n2)n1. The van der Waals surface area contributed by atoms with Crippen LogP contribution in [0.1, 0.15) is 53.1 Å². The Balaban J connectivity index is 1.34. The first-order chi connectivity index (χ1) is 28.9. The Morgan fingerprint density at radius 3 is 2.46 bits per heavy atom. The fourth-order valence-electron chi connectivity index (χ4n) is 7.71. The second-order valence-electron chi connectivity index (χ2n) is 14.1. The first kappa shape index (κ1) is 41.8. The molecule has 6 aromatic rings. The third kappa shape index (κ3) is 7.79. The summed E-state index contributed by atoms with van der Waals surface area (Å²) in [6, 6.07) is 5.56. The molecule has 14 nitrogen and oxygen atoms in total. The normalized spacial score (nSPS) is 17.4. The molecule has 4 atom stereocenters. The van der Waals surface area contributed by atoms with Crippen molar-refractivity contribution in [3.8, 4) is 23.1 Å². The molecule has 0 spiro atoms. The zero-order valence-corrected chi connectivity index (χ0v) is 32.9. The molecule has 0 bridgehead atoms. The zero-order chi connectivity index (χ0) is 43.7. The van der Waals surface area contributed by atoms with Crippen LogP contribution in [0, 0.1) is 17.6 Å². The summed E-state index contributed by atoms with van der Waals surface area (Å²) in [4.78, 5) is 41.6. The predicted octanol–water partition coefficient (Wildman–Crippen LogP) is 6.39. The van der Waals surface area contributed by atoms with Crippen LogP contribution in [-0.4, -0.2) is 69.0 Å². The minimum absolute atomic E-state index is 0.0330. The number of amides is 1. The third-order valence-electron chi connectivity index (χ3n) is 10.1. The summed E-state index contributed by atoms with van der Waals surface area (Å²) >= 11 is 6.56. The lowest BCUT2D eigenvalue weighted by Gasteiger charge is -2.24. The standard InChI is InChI=1S/C37H29ClF8N10O4S/c1-60-26-5-6-47-34(50-26)21-12-27(58)56(23-4-3-20(38)29-31(23)54(13-24(41)42)52-35(29)53-61(2)59)36(49-21)22(9-15-7-16(39)10-17(40)8-15)48-25(57)14-55-32-28(30(51-55)33(43)44)18-11-19(18)37(32,45)46/h3-8,10,12,18-19,22,24,33H,9,11,13-14H2,1-2H3,(H,48,57)(H,52,53). The van der Waals surface area contributed by atoms with Gasteiger partial charge in [0.1, 0.15) is 58.6 Å². The van der Waals surface area contributed by atoms with Gasteiger partial charge in [-0.3, -0.25) is 28.2 Å². The van der Waals surface area contributed by atoms with Crippen LogP contribution in [-0.2, 0) is 41.2 Å². The number of aromatic nitrogens is 8. The second kappa shape index (κ2) is 15.8. The van der Waals surface area contributed by atoms with Gasteiger partial charge >= 0.3 is 0 Å². The Morgan fingerprint density at radius 1 is 1.05 bits per heavy atom. The van der Waals surface area contributed by atoms with Crippen molar-refractivity contribution in [1.29, 1.82) is 0 Å². The number of carbonyl (C=O) groups excluding carboxylic acids is 1. The molecule has 24 heteroatoms. The molecule has 320 valence electrons. The maximum absolute atomic E-state index is 15.5. The molecule has 2 N–H and O–H groups in total. The van der Waals surface area contributed by atoms with E-state index in [1.165, 1.54) is 37.8 Å². The number of fused-ring (bicyclic) bond motifs is 4. The van der Waals surface area contributed by atoms with Crippen molar-refractivity contribution in [2.24, 2.45) is 5.92 Å². The molecule has 2 aromatic carbocycles. The van der Waals surface area contributed by atoms with Gasteiger partial charge in [0.15, 0.2) is 11.6 Å². The van der Waals surface area contributed by atoms with E-state index in [-0.39, 0.29) is 62.4 Å². The number of alkyl halides is 6. The largest absolute Gasteiger partial charge is 0.481 e. The summed E-state index contributed by atoms with van der Waals surface area (Å²) in [5, 5.41) is 10.2. The quantitative estimate of drug-likeness (QED) is 0.118. The fourth-order valence-corrected chi connectivity index (χ4v) is 8.37. The van der Waals surface area contributed by atoms with E-state index >= 15 is 8.78 Å². The van der Waals surface area contributed by atoms with Gasteiger partial charge in [0.2, 0.25) is 11.8 Å². The van der Waals surface area contributed by atoms with E-state index < -0.39 is 107 Å². The molecule has 8 rings (SSSR count). The highest BCUT2D eigenvalue weighted by Crippen LogP contribution is 2.68. The smallest absolute Gasteiger partial charge is 0.293 e. The van der Waals surface area contributed by atoms with Gasteiger partial charge in [-0.25, -0.2) is 40.5 Å². The molecule has 0 aliphatic heterocycles. The van der Waals surface area contributed by atoms with Crippen molar-refractivity contribution in [1.82, 2.24) is 44.4 Å². The molecule has 0 radical (unpaired) electrons. The monoisotopic (exact) mass is 896 g/mol. The Morgan fingerprint density at radius 2 is 1.79 bits per heavy atom. The lowest BCUT2D eigenvalue weighted by Crippen LogP contribution is -2.38. The van der Waals surface area contributed by atoms with Crippen molar-refractivity contribution in [3.05, 3.63) is 104 Å². The topological polar surface area (TPSA) is 164 Å². The van der Waals surface area contributed by atoms with Crippen molar-refractivity contribution < 1.29 is 48.9 Å². The van der Waals surface area contributed by atoms with Gasteiger partial charge in [-0.2, -0.15) is 24.0 Å². The zero-order valence-electron chi connectivity index (χ0n) is 31.4. The minimum atomic E-state index is -3.59.